The molecule has 0 aromatic carbocycles. The van der Waals surface area contributed by atoms with Crippen LogP contribution in [0.1, 0.15) is 12.8 Å². The Kier molecular flexibility index (Phi) is 10.7. The van der Waals surface area contributed by atoms with E-state index in [2.05, 4.69) is 0 Å². The summed E-state index contributed by atoms with van der Waals surface area (Å²) in [5.74, 6) is 0. The number of rotatable bonds is 0. The van der Waals surface area contributed by atoms with Gasteiger partial charge >= 0.3 is 0 Å². The van der Waals surface area contributed by atoms with Crippen molar-refractivity contribution in [1.29, 1.82) is 0 Å². The maximum atomic E-state index is 5.41. The molecule has 0 spiro atoms. The lowest BCUT2D eigenvalue weighted by Gasteiger charge is -2.06. The summed E-state index contributed by atoms with van der Waals surface area (Å²) in [5.41, 5.74) is 0. The molecule has 1 aliphatic heterocycles. The summed E-state index contributed by atoms with van der Waals surface area (Å²) in [4.78, 5) is 0. The third-order valence-corrected chi connectivity index (χ3v) is 2.32. The Balaban J connectivity index is 2.01. The Labute approximate surface area is 103 Å². The highest BCUT2D eigenvalue weighted by molar-refractivity contribution is 4.41. The molecule has 1 heterocycles. The standard InChI is InChI=1S/C12H24O5/c1-2-4-14-6-8-16-10-12-17-11-9-15-7-5-13-3-1/h1-12H2. The monoisotopic (exact) mass is 248 g/mol. The summed E-state index contributed by atoms with van der Waals surface area (Å²) < 4.78 is 26.8. The van der Waals surface area contributed by atoms with Gasteiger partial charge in [0.25, 0.3) is 0 Å². The van der Waals surface area contributed by atoms with Crippen LogP contribution in [0.3, 0.4) is 0 Å². The summed E-state index contributed by atoms with van der Waals surface area (Å²) in [6, 6.07) is 0. The predicted molar refractivity (Wildman–Crippen MR) is 63.3 cm³/mol. The van der Waals surface area contributed by atoms with Gasteiger partial charge in [0, 0.05) is 13.2 Å². The van der Waals surface area contributed by atoms with Gasteiger partial charge in [0.15, 0.2) is 0 Å². The van der Waals surface area contributed by atoms with Crippen LogP contribution in [0, 0.1) is 0 Å². The van der Waals surface area contributed by atoms with Gasteiger partial charge in [0.05, 0.1) is 52.9 Å². The normalized spacial score (nSPS) is 24.0. The van der Waals surface area contributed by atoms with E-state index in [0.29, 0.717) is 52.9 Å². The molecule has 0 amide bonds. The lowest BCUT2D eigenvalue weighted by Crippen LogP contribution is -2.12. The third kappa shape index (κ3) is 10.7. The van der Waals surface area contributed by atoms with Crippen molar-refractivity contribution >= 4 is 0 Å². The van der Waals surface area contributed by atoms with Crippen LogP contribution in [0.25, 0.3) is 0 Å². The van der Waals surface area contributed by atoms with Crippen LogP contribution < -0.4 is 0 Å². The lowest BCUT2D eigenvalue weighted by molar-refractivity contribution is -0.00738. The molecule has 0 N–H and O–H groups in total. The predicted octanol–water partition coefficient (Wildman–Crippen LogP) is 0.863. The van der Waals surface area contributed by atoms with Crippen LogP contribution in [0.5, 0.6) is 0 Å². The van der Waals surface area contributed by atoms with Gasteiger partial charge in [-0.05, 0) is 12.8 Å². The van der Waals surface area contributed by atoms with Crippen LogP contribution in [-0.4, -0.2) is 66.1 Å². The zero-order valence-electron chi connectivity index (χ0n) is 10.5. The van der Waals surface area contributed by atoms with Crippen molar-refractivity contribution in [2.45, 2.75) is 12.8 Å². The zero-order valence-corrected chi connectivity index (χ0v) is 10.5. The summed E-state index contributed by atoms with van der Waals surface area (Å²) in [6.45, 7) is 6.60. The fraction of sp³-hybridized carbons (Fsp3) is 1.00. The second-order valence-electron chi connectivity index (χ2n) is 3.77. The van der Waals surface area contributed by atoms with Gasteiger partial charge in [-0.3, -0.25) is 0 Å². The van der Waals surface area contributed by atoms with Crippen molar-refractivity contribution in [1.82, 2.24) is 0 Å². The Hall–Kier alpha value is -0.200. The molecule has 0 aromatic heterocycles. The molecule has 0 unspecified atom stereocenters. The van der Waals surface area contributed by atoms with E-state index in [4.69, 9.17) is 23.7 Å². The first-order valence-electron chi connectivity index (χ1n) is 6.39. The molecule has 102 valence electrons. The zero-order chi connectivity index (χ0) is 12.0. The number of ether oxygens (including phenoxy) is 5. The average Bonchev–Trinajstić information content (AvgIpc) is 2.35. The smallest absolute Gasteiger partial charge is 0.0701 e. The summed E-state index contributed by atoms with van der Waals surface area (Å²) in [6.07, 6.45) is 2.06. The van der Waals surface area contributed by atoms with E-state index in [0.717, 1.165) is 26.1 Å². The SMILES string of the molecule is C1CCOCCOCCOCCOCCOC1. The fourth-order valence-electron chi connectivity index (χ4n) is 1.39. The van der Waals surface area contributed by atoms with Crippen molar-refractivity contribution in [2.24, 2.45) is 0 Å². The van der Waals surface area contributed by atoms with Crippen molar-refractivity contribution in [2.75, 3.05) is 66.1 Å². The molecule has 1 rings (SSSR count). The largest absolute Gasteiger partial charge is 0.379 e. The first-order valence-corrected chi connectivity index (χ1v) is 6.39. The van der Waals surface area contributed by atoms with Gasteiger partial charge in [-0.2, -0.15) is 0 Å². The summed E-state index contributed by atoms with van der Waals surface area (Å²) >= 11 is 0. The first-order chi connectivity index (χ1) is 8.50. The highest BCUT2D eigenvalue weighted by atomic mass is 16.6. The van der Waals surface area contributed by atoms with E-state index in [9.17, 15) is 0 Å². The van der Waals surface area contributed by atoms with Crippen molar-refractivity contribution in [3.8, 4) is 0 Å². The minimum Gasteiger partial charge on any atom is -0.379 e. The number of hydrogen-bond acceptors (Lipinski definition) is 5. The molecule has 0 atom stereocenters. The Bertz CT molecular complexity index is 84.3. The van der Waals surface area contributed by atoms with Gasteiger partial charge < -0.3 is 23.7 Å². The molecule has 5 nitrogen and oxygen atoms in total. The van der Waals surface area contributed by atoms with Crippen molar-refractivity contribution < 1.29 is 23.7 Å². The molecule has 1 saturated heterocycles. The van der Waals surface area contributed by atoms with E-state index in [1.54, 1.807) is 0 Å². The molecule has 0 aromatic rings. The van der Waals surface area contributed by atoms with Crippen LogP contribution in [0.4, 0.5) is 0 Å². The van der Waals surface area contributed by atoms with Crippen molar-refractivity contribution in [3.63, 3.8) is 0 Å². The summed E-state index contributed by atoms with van der Waals surface area (Å²) in [5, 5.41) is 0. The van der Waals surface area contributed by atoms with Crippen LogP contribution >= 0.6 is 0 Å². The number of hydrogen-bond donors (Lipinski definition) is 0. The van der Waals surface area contributed by atoms with E-state index in [1.807, 2.05) is 0 Å². The molecule has 17 heavy (non-hydrogen) atoms. The van der Waals surface area contributed by atoms with Crippen molar-refractivity contribution in [3.05, 3.63) is 0 Å². The Morgan fingerprint density at radius 3 is 0.824 bits per heavy atom. The Morgan fingerprint density at radius 2 is 0.529 bits per heavy atom. The molecule has 0 saturated carbocycles. The van der Waals surface area contributed by atoms with E-state index in [1.165, 1.54) is 0 Å². The van der Waals surface area contributed by atoms with Crippen LogP contribution in [0.15, 0.2) is 0 Å². The van der Waals surface area contributed by atoms with E-state index in [-0.39, 0.29) is 0 Å². The Morgan fingerprint density at radius 1 is 0.294 bits per heavy atom. The highest BCUT2D eigenvalue weighted by Gasteiger charge is 1.95. The summed E-state index contributed by atoms with van der Waals surface area (Å²) in [7, 11) is 0. The molecule has 5 heteroatoms. The van der Waals surface area contributed by atoms with Gasteiger partial charge in [0.1, 0.15) is 0 Å². The molecular weight excluding hydrogens is 224 g/mol. The fourth-order valence-corrected chi connectivity index (χ4v) is 1.39. The van der Waals surface area contributed by atoms with Gasteiger partial charge in [-0.1, -0.05) is 0 Å². The van der Waals surface area contributed by atoms with Gasteiger partial charge in [-0.25, -0.2) is 0 Å². The lowest BCUT2D eigenvalue weighted by atomic mass is 10.3. The van der Waals surface area contributed by atoms with E-state index >= 15 is 0 Å². The second-order valence-corrected chi connectivity index (χ2v) is 3.77. The molecule has 1 fully saturated rings. The quantitative estimate of drug-likeness (QED) is 0.636. The second kappa shape index (κ2) is 12.3. The van der Waals surface area contributed by atoms with E-state index < -0.39 is 0 Å². The molecular formula is C12H24O5. The van der Waals surface area contributed by atoms with Crippen LogP contribution in [0.2, 0.25) is 0 Å². The molecule has 0 aliphatic carbocycles. The minimum atomic E-state index is 0.611. The maximum absolute atomic E-state index is 5.41. The van der Waals surface area contributed by atoms with Gasteiger partial charge in [-0.15, -0.1) is 0 Å². The molecule has 0 bridgehead atoms. The third-order valence-electron chi connectivity index (χ3n) is 2.32. The average molecular weight is 248 g/mol. The molecule has 0 radical (unpaired) electrons. The molecule has 1 aliphatic rings. The minimum absolute atomic E-state index is 0.611. The van der Waals surface area contributed by atoms with Crippen LogP contribution in [-0.2, 0) is 23.7 Å². The highest BCUT2D eigenvalue weighted by Crippen LogP contribution is 1.92. The topological polar surface area (TPSA) is 46.2 Å². The van der Waals surface area contributed by atoms with Gasteiger partial charge in [0.2, 0.25) is 0 Å². The first kappa shape index (κ1) is 14.9. The maximum Gasteiger partial charge on any atom is 0.0701 e.